The van der Waals surface area contributed by atoms with Crippen molar-refractivity contribution in [3.8, 4) is 0 Å². The van der Waals surface area contributed by atoms with Crippen molar-refractivity contribution in [2.24, 2.45) is 5.41 Å². The van der Waals surface area contributed by atoms with Crippen LogP contribution in [0.5, 0.6) is 0 Å². The maximum absolute atomic E-state index is 5.92. The average Bonchev–Trinajstić information content (AvgIpc) is 2.76. The van der Waals surface area contributed by atoms with Gasteiger partial charge in [-0.05, 0) is 42.9 Å². The van der Waals surface area contributed by atoms with Crippen LogP contribution in [0.4, 0.5) is 5.69 Å². The van der Waals surface area contributed by atoms with Crippen molar-refractivity contribution < 1.29 is 0 Å². The van der Waals surface area contributed by atoms with Gasteiger partial charge >= 0.3 is 0 Å². The second-order valence-corrected chi connectivity index (χ2v) is 6.98. The van der Waals surface area contributed by atoms with E-state index in [0.29, 0.717) is 5.41 Å². The second kappa shape index (κ2) is 5.70. The summed E-state index contributed by atoms with van der Waals surface area (Å²) in [4.78, 5) is 4.84. The van der Waals surface area contributed by atoms with Gasteiger partial charge in [0.05, 0.1) is 11.0 Å². The van der Waals surface area contributed by atoms with Crippen LogP contribution in [0.3, 0.4) is 0 Å². The maximum atomic E-state index is 5.92. The highest BCUT2D eigenvalue weighted by Crippen LogP contribution is 2.38. The Morgan fingerprint density at radius 2 is 2.00 bits per heavy atom. The SMILES string of the molecule is CCCc1nc2cc(N)ccc2n1CC1(C)CCCCC1. The van der Waals surface area contributed by atoms with Crippen LogP contribution in [-0.4, -0.2) is 9.55 Å². The Morgan fingerprint density at radius 1 is 1.24 bits per heavy atom. The summed E-state index contributed by atoms with van der Waals surface area (Å²) in [6.07, 6.45) is 9.01. The van der Waals surface area contributed by atoms with Gasteiger partial charge in [-0.3, -0.25) is 0 Å². The molecule has 0 aliphatic heterocycles. The lowest BCUT2D eigenvalue weighted by molar-refractivity contribution is 0.183. The number of nitrogen functional groups attached to an aromatic ring is 1. The lowest BCUT2D eigenvalue weighted by Gasteiger charge is -2.34. The molecule has 1 aromatic carbocycles. The summed E-state index contributed by atoms with van der Waals surface area (Å²) in [6.45, 7) is 5.77. The fraction of sp³-hybridized carbons (Fsp3) is 0.611. The highest BCUT2D eigenvalue weighted by atomic mass is 15.1. The Morgan fingerprint density at radius 3 is 2.71 bits per heavy atom. The summed E-state index contributed by atoms with van der Waals surface area (Å²) in [6, 6.07) is 6.15. The smallest absolute Gasteiger partial charge is 0.109 e. The van der Waals surface area contributed by atoms with E-state index < -0.39 is 0 Å². The molecule has 1 heterocycles. The van der Waals surface area contributed by atoms with Crippen LogP contribution in [0, 0.1) is 5.41 Å². The number of nitrogens with zero attached hydrogens (tertiary/aromatic N) is 2. The number of aryl methyl sites for hydroxylation is 1. The van der Waals surface area contributed by atoms with E-state index in [2.05, 4.69) is 24.5 Å². The van der Waals surface area contributed by atoms with Gasteiger partial charge in [-0.1, -0.05) is 33.1 Å². The zero-order chi connectivity index (χ0) is 14.9. The number of imidazole rings is 1. The molecule has 1 aliphatic rings. The van der Waals surface area contributed by atoms with Gasteiger partial charge in [0.25, 0.3) is 0 Å². The molecule has 1 aliphatic carbocycles. The van der Waals surface area contributed by atoms with Crippen molar-refractivity contribution in [3.63, 3.8) is 0 Å². The van der Waals surface area contributed by atoms with E-state index in [9.17, 15) is 0 Å². The van der Waals surface area contributed by atoms with E-state index in [1.807, 2.05) is 12.1 Å². The third-order valence-corrected chi connectivity index (χ3v) is 4.93. The first-order chi connectivity index (χ1) is 10.1. The molecule has 0 saturated heterocycles. The predicted molar refractivity (Wildman–Crippen MR) is 89.3 cm³/mol. The zero-order valence-corrected chi connectivity index (χ0v) is 13.4. The van der Waals surface area contributed by atoms with E-state index in [1.165, 1.54) is 43.4 Å². The first-order valence-electron chi connectivity index (χ1n) is 8.36. The van der Waals surface area contributed by atoms with E-state index in [1.54, 1.807) is 0 Å². The van der Waals surface area contributed by atoms with Gasteiger partial charge in [-0.15, -0.1) is 0 Å². The number of rotatable bonds is 4. The zero-order valence-electron chi connectivity index (χ0n) is 13.4. The summed E-state index contributed by atoms with van der Waals surface area (Å²) in [5.74, 6) is 1.23. The van der Waals surface area contributed by atoms with Gasteiger partial charge in [0.1, 0.15) is 5.82 Å². The Kier molecular flexibility index (Phi) is 3.92. The molecular weight excluding hydrogens is 258 g/mol. The highest BCUT2D eigenvalue weighted by molar-refractivity contribution is 5.79. The molecule has 0 amide bonds. The van der Waals surface area contributed by atoms with Crippen LogP contribution in [0.2, 0.25) is 0 Å². The summed E-state index contributed by atoms with van der Waals surface area (Å²) < 4.78 is 2.46. The molecule has 0 atom stereocenters. The summed E-state index contributed by atoms with van der Waals surface area (Å²) in [7, 11) is 0. The second-order valence-electron chi connectivity index (χ2n) is 6.98. The standard InChI is InChI=1S/C18H27N3/c1-3-7-17-20-15-12-14(19)8-9-16(15)21(17)13-18(2)10-5-4-6-11-18/h8-9,12H,3-7,10-11,13,19H2,1-2H3. The first-order valence-corrected chi connectivity index (χ1v) is 8.36. The van der Waals surface area contributed by atoms with E-state index in [0.717, 1.165) is 30.6 Å². The summed E-state index contributed by atoms with van der Waals surface area (Å²) in [5.41, 5.74) is 9.45. The molecule has 114 valence electrons. The number of anilines is 1. The third-order valence-electron chi connectivity index (χ3n) is 4.93. The summed E-state index contributed by atoms with van der Waals surface area (Å²) >= 11 is 0. The molecular formula is C18H27N3. The molecule has 1 saturated carbocycles. The predicted octanol–water partition coefficient (Wildman–Crippen LogP) is 4.54. The number of nitrogens with two attached hydrogens (primary N) is 1. The molecule has 0 radical (unpaired) electrons. The Bertz CT molecular complexity index is 621. The largest absolute Gasteiger partial charge is 0.399 e. The molecule has 21 heavy (non-hydrogen) atoms. The molecule has 0 spiro atoms. The van der Waals surface area contributed by atoms with Crippen molar-refractivity contribution in [3.05, 3.63) is 24.0 Å². The molecule has 2 N–H and O–H groups in total. The Hall–Kier alpha value is -1.51. The molecule has 0 unspecified atom stereocenters. The van der Waals surface area contributed by atoms with Gasteiger partial charge in [-0.2, -0.15) is 0 Å². The quantitative estimate of drug-likeness (QED) is 0.838. The number of aromatic nitrogens is 2. The van der Waals surface area contributed by atoms with Crippen LogP contribution < -0.4 is 5.73 Å². The van der Waals surface area contributed by atoms with E-state index in [4.69, 9.17) is 10.7 Å². The topological polar surface area (TPSA) is 43.8 Å². The molecule has 0 bridgehead atoms. The van der Waals surface area contributed by atoms with Crippen molar-refractivity contribution in [1.82, 2.24) is 9.55 Å². The normalized spacial score (nSPS) is 18.2. The van der Waals surface area contributed by atoms with Gasteiger partial charge in [0, 0.05) is 18.7 Å². The lowest BCUT2D eigenvalue weighted by atomic mass is 9.75. The lowest BCUT2D eigenvalue weighted by Crippen LogP contribution is -2.27. The van der Waals surface area contributed by atoms with E-state index >= 15 is 0 Å². The van der Waals surface area contributed by atoms with Gasteiger partial charge < -0.3 is 10.3 Å². The number of fused-ring (bicyclic) bond motifs is 1. The van der Waals surface area contributed by atoms with Crippen molar-refractivity contribution in [2.45, 2.75) is 65.3 Å². The molecule has 2 aromatic rings. The summed E-state index contributed by atoms with van der Waals surface area (Å²) in [5, 5.41) is 0. The van der Waals surface area contributed by atoms with Crippen molar-refractivity contribution >= 4 is 16.7 Å². The average molecular weight is 285 g/mol. The molecule has 1 fully saturated rings. The molecule has 3 heteroatoms. The monoisotopic (exact) mass is 285 g/mol. The fourth-order valence-electron chi connectivity index (χ4n) is 3.73. The van der Waals surface area contributed by atoms with Crippen molar-refractivity contribution in [2.75, 3.05) is 5.73 Å². The minimum atomic E-state index is 0.426. The van der Waals surface area contributed by atoms with Crippen molar-refractivity contribution in [1.29, 1.82) is 0 Å². The Labute approximate surface area is 127 Å². The first kappa shape index (κ1) is 14.4. The Balaban J connectivity index is 2.00. The van der Waals surface area contributed by atoms with Crippen LogP contribution in [0.25, 0.3) is 11.0 Å². The molecule has 3 nitrogen and oxygen atoms in total. The van der Waals surface area contributed by atoms with E-state index in [-0.39, 0.29) is 0 Å². The molecule has 3 rings (SSSR count). The van der Waals surface area contributed by atoms with Gasteiger partial charge in [-0.25, -0.2) is 4.98 Å². The van der Waals surface area contributed by atoms with Crippen LogP contribution >= 0.6 is 0 Å². The van der Waals surface area contributed by atoms with Crippen LogP contribution in [0.1, 0.15) is 58.2 Å². The number of hydrogen-bond donors (Lipinski definition) is 1. The fourth-order valence-corrected chi connectivity index (χ4v) is 3.73. The van der Waals surface area contributed by atoms with Gasteiger partial charge in [0.15, 0.2) is 0 Å². The maximum Gasteiger partial charge on any atom is 0.109 e. The third kappa shape index (κ3) is 2.92. The van der Waals surface area contributed by atoms with Gasteiger partial charge in [0.2, 0.25) is 0 Å². The van der Waals surface area contributed by atoms with Crippen LogP contribution in [-0.2, 0) is 13.0 Å². The minimum Gasteiger partial charge on any atom is -0.399 e. The van der Waals surface area contributed by atoms with Crippen LogP contribution in [0.15, 0.2) is 18.2 Å². The number of benzene rings is 1. The molecule has 1 aromatic heterocycles. The highest BCUT2D eigenvalue weighted by Gasteiger charge is 2.28. The number of hydrogen-bond acceptors (Lipinski definition) is 2. The minimum absolute atomic E-state index is 0.426.